The topological polar surface area (TPSA) is 76.6 Å². The number of urea groups is 1. The number of benzene rings is 1. The van der Waals surface area contributed by atoms with Gasteiger partial charge in [-0.3, -0.25) is 0 Å². The lowest BCUT2D eigenvalue weighted by Crippen LogP contribution is -2.34. The zero-order chi connectivity index (χ0) is 16.9. The maximum Gasteiger partial charge on any atom is 0.322 e. The van der Waals surface area contributed by atoms with Crippen molar-refractivity contribution in [1.29, 1.82) is 0 Å². The van der Waals surface area contributed by atoms with Crippen LogP contribution in [0.15, 0.2) is 36.5 Å². The van der Waals surface area contributed by atoms with Crippen molar-refractivity contribution in [3.05, 3.63) is 41.6 Å². The molecule has 7 nitrogen and oxygen atoms in total. The molecule has 3 rings (SSSR count). The summed E-state index contributed by atoms with van der Waals surface area (Å²) in [6, 6.07) is 8.35. The van der Waals surface area contributed by atoms with E-state index < -0.39 is 0 Å². The van der Waals surface area contributed by atoms with E-state index in [9.17, 15) is 4.79 Å². The zero-order valence-corrected chi connectivity index (χ0v) is 13.9. The van der Waals surface area contributed by atoms with Crippen LogP contribution in [0.25, 0.3) is 0 Å². The summed E-state index contributed by atoms with van der Waals surface area (Å²) >= 11 is 5.98. The fourth-order valence-electron chi connectivity index (χ4n) is 2.50. The lowest BCUT2D eigenvalue weighted by molar-refractivity contribution is 0.188. The first kappa shape index (κ1) is 16.3. The normalized spacial score (nSPS) is 16.8. The van der Waals surface area contributed by atoms with Gasteiger partial charge in [-0.15, -0.1) is 5.10 Å². The Kier molecular flexibility index (Phi) is 5.00. The third-order valence-electron chi connectivity index (χ3n) is 3.67. The van der Waals surface area contributed by atoms with Crippen LogP contribution in [0.5, 0.6) is 11.6 Å². The van der Waals surface area contributed by atoms with E-state index in [1.807, 2.05) is 0 Å². The number of rotatable bonds is 4. The molecule has 0 aliphatic carbocycles. The maximum absolute atomic E-state index is 12.4. The molecule has 1 aromatic carbocycles. The Morgan fingerprint density at radius 2 is 2.29 bits per heavy atom. The Morgan fingerprint density at radius 1 is 1.42 bits per heavy atom. The maximum atomic E-state index is 12.4. The lowest BCUT2D eigenvalue weighted by Gasteiger charge is -2.18. The van der Waals surface area contributed by atoms with Gasteiger partial charge in [0.1, 0.15) is 11.9 Å². The van der Waals surface area contributed by atoms with Crippen LogP contribution < -0.4 is 14.8 Å². The van der Waals surface area contributed by atoms with Crippen LogP contribution in [0, 0.1) is 0 Å². The van der Waals surface area contributed by atoms with Gasteiger partial charge in [-0.1, -0.05) is 11.6 Å². The smallest absolute Gasteiger partial charge is 0.322 e. The molecule has 24 heavy (non-hydrogen) atoms. The zero-order valence-electron chi connectivity index (χ0n) is 13.1. The second kappa shape index (κ2) is 7.35. The van der Waals surface area contributed by atoms with E-state index in [2.05, 4.69) is 15.5 Å². The highest BCUT2D eigenvalue weighted by atomic mass is 35.5. The molecule has 0 radical (unpaired) electrons. The van der Waals surface area contributed by atoms with Gasteiger partial charge in [-0.05, 0) is 24.3 Å². The number of ether oxygens (including phenoxy) is 2. The summed E-state index contributed by atoms with van der Waals surface area (Å²) in [5.41, 5.74) is 0.535. The molecule has 1 saturated heterocycles. The van der Waals surface area contributed by atoms with Gasteiger partial charge in [-0.2, -0.15) is 5.10 Å². The van der Waals surface area contributed by atoms with Crippen LogP contribution in [0.4, 0.5) is 10.5 Å². The van der Waals surface area contributed by atoms with Crippen LogP contribution in [0.1, 0.15) is 6.42 Å². The van der Waals surface area contributed by atoms with Crippen molar-refractivity contribution in [3.63, 3.8) is 0 Å². The molecule has 1 aliphatic heterocycles. The molecule has 126 valence electrons. The van der Waals surface area contributed by atoms with Crippen LogP contribution in [-0.2, 0) is 0 Å². The SMILES string of the molecule is COc1ccc(Cl)cc1NC(=O)N1CCC(Oc2cccnn2)C1. The van der Waals surface area contributed by atoms with Crippen LogP contribution in [0.2, 0.25) is 5.02 Å². The molecule has 1 fully saturated rings. The minimum Gasteiger partial charge on any atom is -0.495 e. The van der Waals surface area contributed by atoms with Gasteiger partial charge in [0, 0.05) is 30.3 Å². The molecule has 2 amide bonds. The summed E-state index contributed by atoms with van der Waals surface area (Å²) in [6.07, 6.45) is 2.21. The third-order valence-corrected chi connectivity index (χ3v) is 3.91. The van der Waals surface area contributed by atoms with Gasteiger partial charge >= 0.3 is 6.03 Å². The molecule has 0 saturated carbocycles. The fourth-order valence-corrected chi connectivity index (χ4v) is 2.67. The second-order valence-electron chi connectivity index (χ2n) is 5.31. The van der Waals surface area contributed by atoms with Gasteiger partial charge in [0.15, 0.2) is 0 Å². The predicted molar refractivity (Wildman–Crippen MR) is 89.7 cm³/mol. The number of hydrogen-bond donors (Lipinski definition) is 1. The fraction of sp³-hybridized carbons (Fsp3) is 0.312. The number of carbonyl (C=O) groups is 1. The summed E-state index contributed by atoms with van der Waals surface area (Å²) in [4.78, 5) is 14.1. The minimum absolute atomic E-state index is 0.103. The van der Waals surface area contributed by atoms with E-state index in [-0.39, 0.29) is 12.1 Å². The molecular formula is C16H17ClN4O3. The summed E-state index contributed by atoms with van der Waals surface area (Å²) in [5.74, 6) is 1.01. The summed E-state index contributed by atoms with van der Waals surface area (Å²) in [6.45, 7) is 1.07. The van der Waals surface area contributed by atoms with E-state index in [1.54, 1.807) is 48.5 Å². The summed E-state index contributed by atoms with van der Waals surface area (Å²) in [5, 5.41) is 11.0. The predicted octanol–water partition coefficient (Wildman–Crippen LogP) is 2.82. The molecule has 8 heteroatoms. The van der Waals surface area contributed by atoms with Crippen molar-refractivity contribution in [2.75, 3.05) is 25.5 Å². The second-order valence-corrected chi connectivity index (χ2v) is 5.75. The number of amides is 2. The van der Waals surface area contributed by atoms with E-state index in [4.69, 9.17) is 21.1 Å². The molecule has 1 unspecified atom stereocenters. The Hall–Kier alpha value is -2.54. The minimum atomic E-state index is -0.221. The molecule has 1 atom stereocenters. The quantitative estimate of drug-likeness (QED) is 0.919. The average Bonchev–Trinajstić information content (AvgIpc) is 3.05. The van der Waals surface area contributed by atoms with Crippen molar-refractivity contribution in [2.45, 2.75) is 12.5 Å². The van der Waals surface area contributed by atoms with Crippen molar-refractivity contribution in [3.8, 4) is 11.6 Å². The molecule has 2 aromatic rings. The number of aromatic nitrogens is 2. The first-order valence-corrected chi connectivity index (χ1v) is 7.87. The van der Waals surface area contributed by atoms with Crippen molar-refractivity contribution in [1.82, 2.24) is 15.1 Å². The first-order chi connectivity index (χ1) is 11.7. The Balaban J connectivity index is 1.60. The summed E-state index contributed by atoms with van der Waals surface area (Å²) < 4.78 is 11.0. The van der Waals surface area contributed by atoms with Crippen LogP contribution in [0.3, 0.4) is 0 Å². The number of hydrogen-bond acceptors (Lipinski definition) is 5. The monoisotopic (exact) mass is 348 g/mol. The number of anilines is 1. The van der Waals surface area contributed by atoms with E-state index in [1.165, 1.54) is 0 Å². The largest absolute Gasteiger partial charge is 0.495 e. The standard InChI is InChI=1S/C16H17ClN4O3/c1-23-14-5-4-11(17)9-13(14)19-16(22)21-8-6-12(10-21)24-15-3-2-7-18-20-15/h2-5,7,9,12H,6,8,10H2,1H3,(H,19,22). The Labute approximate surface area is 144 Å². The number of nitrogens with zero attached hydrogens (tertiary/aromatic N) is 3. The van der Waals surface area contributed by atoms with Crippen LogP contribution in [-0.4, -0.2) is 47.4 Å². The van der Waals surface area contributed by atoms with Gasteiger partial charge in [-0.25, -0.2) is 4.79 Å². The van der Waals surface area contributed by atoms with Gasteiger partial charge in [0.25, 0.3) is 0 Å². The van der Waals surface area contributed by atoms with E-state index in [0.29, 0.717) is 35.4 Å². The first-order valence-electron chi connectivity index (χ1n) is 7.49. The number of likely N-dealkylation sites (tertiary alicyclic amines) is 1. The Bertz CT molecular complexity index is 714. The van der Waals surface area contributed by atoms with Gasteiger partial charge in [0.2, 0.25) is 5.88 Å². The molecule has 1 aliphatic rings. The highest BCUT2D eigenvalue weighted by Gasteiger charge is 2.28. The Morgan fingerprint density at radius 3 is 3.04 bits per heavy atom. The van der Waals surface area contributed by atoms with Gasteiger partial charge in [0.05, 0.1) is 19.3 Å². The van der Waals surface area contributed by atoms with Crippen molar-refractivity contribution in [2.24, 2.45) is 0 Å². The lowest BCUT2D eigenvalue weighted by atomic mass is 10.3. The van der Waals surface area contributed by atoms with Crippen molar-refractivity contribution < 1.29 is 14.3 Å². The molecule has 1 N–H and O–H groups in total. The number of methoxy groups -OCH3 is 1. The summed E-state index contributed by atoms with van der Waals surface area (Å²) in [7, 11) is 1.54. The van der Waals surface area contributed by atoms with Crippen molar-refractivity contribution >= 4 is 23.3 Å². The third kappa shape index (κ3) is 3.86. The highest BCUT2D eigenvalue weighted by molar-refractivity contribution is 6.31. The molecule has 0 bridgehead atoms. The molecule has 2 heterocycles. The molecular weight excluding hydrogens is 332 g/mol. The van der Waals surface area contributed by atoms with E-state index in [0.717, 1.165) is 6.42 Å². The van der Waals surface area contributed by atoms with Crippen LogP contribution >= 0.6 is 11.6 Å². The highest BCUT2D eigenvalue weighted by Crippen LogP contribution is 2.28. The molecule has 0 spiro atoms. The average molecular weight is 349 g/mol. The number of halogens is 1. The number of carbonyl (C=O) groups excluding carboxylic acids is 1. The number of nitrogens with one attached hydrogen (secondary N) is 1. The van der Waals surface area contributed by atoms with Gasteiger partial charge < -0.3 is 19.7 Å². The van der Waals surface area contributed by atoms with E-state index >= 15 is 0 Å². The molecule has 1 aromatic heterocycles.